The number of anilines is 1. The second-order valence-corrected chi connectivity index (χ2v) is 7.97. The Morgan fingerprint density at radius 2 is 1.65 bits per heavy atom. The van der Waals surface area contributed by atoms with Gasteiger partial charge in [0.05, 0.1) is 20.5 Å². The third-order valence-corrected chi connectivity index (χ3v) is 5.65. The highest BCUT2D eigenvalue weighted by atomic mass is 35.5. The Labute approximate surface area is 160 Å². The zero-order valence-electron chi connectivity index (χ0n) is 13.5. The number of benzene rings is 2. The van der Waals surface area contributed by atoms with E-state index in [2.05, 4.69) is 4.72 Å². The molecule has 2 aromatic carbocycles. The Bertz CT molecular complexity index is 1130. The fourth-order valence-electron chi connectivity index (χ4n) is 2.39. The summed E-state index contributed by atoms with van der Waals surface area (Å²) in [6.45, 7) is 1.56. The Balaban J connectivity index is 2.16. The number of sulfonamides is 1. The van der Waals surface area contributed by atoms with Crippen LogP contribution in [0.2, 0.25) is 10.0 Å². The van der Waals surface area contributed by atoms with Crippen molar-refractivity contribution in [2.45, 2.75) is 11.8 Å². The molecule has 0 saturated heterocycles. The van der Waals surface area contributed by atoms with Crippen LogP contribution in [0.3, 0.4) is 0 Å². The molecule has 3 aromatic rings. The monoisotopic (exact) mass is 409 g/mol. The second-order valence-electron chi connectivity index (χ2n) is 5.47. The standard InChI is InChI=1S/C18H13Cl2NO4S/c1-11-9-16(22)17(12-7-8-14(19)15(20)10-12)18(25-11)21-26(23,24)13-5-3-2-4-6-13/h2-10,21H,1H3. The average Bonchev–Trinajstić information content (AvgIpc) is 2.58. The highest BCUT2D eigenvalue weighted by molar-refractivity contribution is 7.92. The van der Waals surface area contributed by atoms with Crippen molar-refractivity contribution in [2.75, 3.05) is 4.72 Å². The topological polar surface area (TPSA) is 76.4 Å². The van der Waals surface area contributed by atoms with Crippen molar-refractivity contribution in [1.29, 1.82) is 0 Å². The first-order valence-electron chi connectivity index (χ1n) is 7.46. The van der Waals surface area contributed by atoms with Crippen molar-refractivity contribution in [3.8, 4) is 11.1 Å². The summed E-state index contributed by atoms with van der Waals surface area (Å²) in [5, 5.41) is 0.555. The van der Waals surface area contributed by atoms with E-state index in [1.165, 1.54) is 30.3 Å². The van der Waals surface area contributed by atoms with E-state index in [-0.39, 0.29) is 27.1 Å². The van der Waals surface area contributed by atoms with Crippen LogP contribution in [-0.4, -0.2) is 8.42 Å². The van der Waals surface area contributed by atoms with E-state index in [1.807, 2.05) is 0 Å². The molecule has 0 spiro atoms. The largest absolute Gasteiger partial charge is 0.444 e. The van der Waals surface area contributed by atoms with E-state index in [4.69, 9.17) is 27.6 Å². The first-order chi connectivity index (χ1) is 12.3. The van der Waals surface area contributed by atoms with Gasteiger partial charge in [-0.25, -0.2) is 13.1 Å². The fourth-order valence-corrected chi connectivity index (χ4v) is 3.71. The van der Waals surface area contributed by atoms with E-state index in [0.717, 1.165) is 0 Å². The molecule has 0 atom stereocenters. The average molecular weight is 410 g/mol. The molecule has 1 N–H and O–H groups in total. The van der Waals surface area contributed by atoms with E-state index in [0.29, 0.717) is 10.6 Å². The van der Waals surface area contributed by atoms with Gasteiger partial charge in [0.1, 0.15) is 5.76 Å². The molecule has 0 amide bonds. The van der Waals surface area contributed by atoms with Gasteiger partial charge in [-0.05, 0) is 36.8 Å². The van der Waals surface area contributed by atoms with E-state index in [9.17, 15) is 13.2 Å². The molecule has 5 nitrogen and oxygen atoms in total. The Hall–Kier alpha value is -2.28. The van der Waals surface area contributed by atoms with Crippen LogP contribution in [0.15, 0.2) is 68.7 Å². The van der Waals surface area contributed by atoms with Gasteiger partial charge in [-0.3, -0.25) is 4.79 Å². The van der Waals surface area contributed by atoms with Crippen molar-refractivity contribution in [3.05, 3.63) is 80.6 Å². The Morgan fingerprint density at radius 3 is 2.31 bits per heavy atom. The molecule has 0 aliphatic rings. The van der Waals surface area contributed by atoms with Crippen LogP contribution in [0.5, 0.6) is 0 Å². The number of aryl methyl sites for hydroxylation is 1. The first-order valence-corrected chi connectivity index (χ1v) is 9.70. The van der Waals surface area contributed by atoms with Gasteiger partial charge in [-0.15, -0.1) is 0 Å². The third-order valence-electron chi connectivity index (χ3n) is 3.56. The van der Waals surface area contributed by atoms with E-state index < -0.39 is 15.5 Å². The molecule has 0 radical (unpaired) electrons. The van der Waals surface area contributed by atoms with Gasteiger partial charge < -0.3 is 4.42 Å². The van der Waals surface area contributed by atoms with Crippen molar-refractivity contribution in [2.24, 2.45) is 0 Å². The van der Waals surface area contributed by atoms with Gasteiger partial charge in [0.2, 0.25) is 5.88 Å². The summed E-state index contributed by atoms with van der Waals surface area (Å²) in [6.07, 6.45) is 0. The summed E-state index contributed by atoms with van der Waals surface area (Å²) in [5.74, 6) is 0.0850. The van der Waals surface area contributed by atoms with E-state index in [1.54, 1.807) is 31.2 Å². The molecule has 3 rings (SSSR count). The minimum absolute atomic E-state index is 0.0456. The van der Waals surface area contributed by atoms with Gasteiger partial charge >= 0.3 is 0 Å². The molecule has 0 fully saturated rings. The van der Waals surface area contributed by atoms with Gasteiger partial charge in [0, 0.05) is 6.07 Å². The molecule has 0 bridgehead atoms. The molecule has 1 aromatic heterocycles. The summed E-state index contributed by atoms with van der Waals surface area (Å²) in [6, 6.07) is 13.6. The summed E-state index contributed by atoms with van der Waals surface area (Å²) < 4.78 is 33.1. The maximum atomic E-state index is 12.6. The van der Waals surface area contributed by atoms with Crippen LogP contribution >= 0.6 is 23.2 Å². The van der Waals surface area contributed by atoms with E-state index >= 15 is 0 Å². The van der Waals surface area contributed by atoms with Crippen LogP contribution in [0.4, 0.5) is 5.88 Å². The van der Waals surface area contributed by atoms with Crippen LogP contribution < -0.4 is 10.2 Å². The highest BCUT2D eigenvalue weighted by Gasteiger charge is 2.21. The van der Waals surface area contributed by atoms with Gasteiger partial charge in [-0.2, -0.15) is 0 Å². The molecule has 1 heterocycles. The molecular weight excluding hydrogens is 397 g/mol. The first kappa shape index (κ1) is 18.5. The summed E-state index contributed by atoms with van der Waals surface area (Å²) >= 11 is 11.9. The second kappa shape index (κ2) is 7.15. The fraction of sp³-hybridized carbons (Fsp3) is 0.0556. The number of nitrogens with one attached hydrogen (secondary N) is 1. The lowest BCUT2D eigenvalue weighted by atomic mass is 10.1. The maximum absolute atomic E-state index is 12.6. The molecule has 134 valence electrons. The molecule has 0 aliphatic carbocycles. The van der Waals surface area contributed by atoms with Crippen LogP contribution in [0.25, 0.3) is 11.1 Å². The predicted molar refractivity (Wildman–Crippen MR) is 102 cm³/mol. The van der Waals surface area contributed by atoms with Crippen molar-refractivity contribution < 1.29 is 12.8 Å². The lowest BCUT2D eigenvalue weighted by Gasteiger charge is -2.12. The molecule has 0 aliphatic heterocycles. The summed E-state index contributed by atoms with van der Waals surface area (Å²) in [4.78, 5) is 12.6. The molecular formula is C18H13Cl2NO4S. The SMILES string of the molecule is Cc1cc(=O)c(-c2ccc(Cl)c(Cl)c2)c(NS(=O)(=O)c2ccccc2)o1. The lowest BCUT2D eigenvalue weighted by molar-refractivity contribution is 0.533. The Morgan fingerprint density at radius 1 is 0.962 bits per heavy atom. The summed E-state index contributed by atoms with van der Waals surface area (Å²) in [5.41, 5.74) is 0.0329. The lowest BCUT2D eigenvalue weighted by Crippen LogP contribution is -2.17. The van der Waals surface area contributed by atoms with Gasteiger partial charge in [-0.1, -0.05) is 47.5 Å². The smallest absolute Gasteiger partial charge is 0.264 e. The minimum atomic E-state index is -3.94. The molecule has 0 unspecified atom stereocenters. The van der Waals surface area contributed by atoms with Gasteiger partial charge in [0.25, 0.3) is 10.0 Å². The zero-order chi connectivity index (χ0) is 18.9. The molecule has 26 heavy (non-hydrogen) atoms. The number of rotatable bonds is 4. The van der Waals surface area contributed by atoms with Crippen LogP contribution in [-0.2, 0) is 10.0 Å². The molecule has 0 saturated carbocycles. The number of halogens is 2. The quantitative estimate of drug-likeness (QED) is 0.675. The number of hydrogen-bond donors (Lipinski definition) is 1. The normalized spacial score (nSPS) is 11.3. The Kier molecular flexibility index (Phi) is 5.09. The van der Waals surface area contributed by atoms with Crippen molar-refractivity contribution in [3.63, 3.8) is 0 Å². The summed E-state index contributed by atoms with van der Waals surface area (Å²) in [7, 11) is -3.94. The van der Waals surface area contributed by atoms with Crippen molar-refractivity contribution in [1.82, 2.24) is 0 Å². The number of hydrogen-bond acceptors (Lipinski definition) is 4. The third kappa shape index (κ3) is 3.77. The minimum Gasteiger partial charge on any atom is -0.444 e. The zero-order valence-corrected chi connectivity index (χ0v) is 15.8. The van der Waals surface area contributed by atoms with Gasteiger partial charge in [0.15, 0.2) is 5.43 Å². The van der Waals surface area contributed by atoms with Crippen LogP contribution in [0.1, 0.15) is 5.76 Å². The van der Waals surface area contributed by atoms with Crippen molar-refractivity contribution >= 4 is 39.1 Å². The molecule has 8 heteroatoms. The van der Waals surface area contributed by atoms with Crippen LogP contribution in [0, 0.1) is 6.92 Å². The predicted octanol–water partition coefficient (Wildman–Crippen LogP) is 4.72. The highest BCUT2D eigenvalue weighted by Crippen LogP contribution is 2.32. The maximum Gasteiger partial charge on any atom is 0.264 e.